The topological polar surface area (TPSA) is 64.6 Å². The van der Waals surface area contributed by atoms with E-state index in [1.807, 2.05) is 16.9 Å². The third-order valence-corrected chi connectivity index (χ3v) is 3.86. The van der Waals surface area contributed by atoms with Crippen LogP contribution < -0.4 is 0 Å². The predicted molar refractivity (Wildman–Crippen MR) is 76.9 cm³/mol. The van der Waals surface area contributed by atoms with Gasteiger partial charge in [-0.3, -0.25) is 0 Å². The smallest absolute Gasteiger partial charge is 0.150 e. The number of fused-ring (bicyclic) bond motifs is 1. The lowest BCUT2D eigenvalue weighted by Gasteiger charge is -2.22. The molecular weight excluding hydrogens is 268 g/mol. The van der Waals surface area contributed by atoms with E-state index in [-0.39, 0.29) is 12.0 Å². The highest BCUT2D eigenvalue weighted by atomic mass is 16.5. The van der Waals surface area contributed by atoms with E-state index < -0.39 is 0 Å². The van der Waals surface area contributed by atoms with Crippen molar-refractivity contribution in [3.05, 3.63) is 36.9 Å². The van der Waals surface area contributed by atoms with E-state index in [4.69, 9.17) is 4.74 Å². The molecule has 1 saturated heterocycles. The molecule has 21 heavy (non-hydrogen) atoms. The maximum atomic E-state index is 9.83. The fourth-order valence-electron chi connectivity index (χ4n) is 2.81. The Morgan fingerprint density at radius 2 is 2.19 bits per heavy atom. The summed E-state index contributed by atoms with van der Waals surface area (Å²) in [5.74, 6) is 0.183. The van der Waals surface area contributed by atoms with Gasteiger partial charge in [0.15, 0.2) is 0 Å². The Hall–Kier alpha value is -2.34. The lowest BCUT2D eigenvalue weighted by Crippen LogP contribution is -2.18. The molecule has 1 atom stereocenters. The van der Waals surface area contributed by atoms with Crippen LogP contribution in [0.4, 0.5) is 0 Å². The fraction of sp³-hybridized carbons (Fsp3) is 0.333. The zero-order chi connectivity index (χ0) is 14.2. The number of nitrogens with zero attached hydrogens (tertiary/aromatic N) is 4. The van der Waals surface area contributed by atoms with Gasteiger partial charge in [0, 0.05) is 23.9 Å². The summed E-state index contributed by atoms with van der Waals surface area (Å²) < 4.78 is 9.28. The molecule has 3 aromatic rings. The van der Waals surface area contributed by atoms with E-state index in [1.165, 1.54) is 6.42 Å². The first-order valence-corrected chi connectivity index (χ1v) is 7.14. The van der Waals surface area contributed by atoms with Crippen molar-refractivity contribution in [1.29, 1.82) is 0 Å². The number of pyridine rings is 1. The normalized spacial score (nSPS) is 19.1. The molecule has 6 nitrogen and oxygen atoms in total. The maximum Gasteiger partial charge on any atom is 0.150 e. The van der Waals surface area contributed by atoms with Crippen molar-refractivity contribution in [3.63, 3.8) is 0 Å². The van der Waals surface area contributed by atoms with Crippen molar-refractivity contribution in [2.45, 2.75) is 25.5 Å². The van der Waals surface area contributed by atoms with Crippen LogP contribution in [0.5, 0.6) is 5.75 Å². The molecule has 0 bridgehead atoms. The van der Waals surface area contributed by atoms with Crippen LogP contribution in [0.1, 0.15) is 25.5 Å². The van der Waals surface area contributed by atoms with Gasteiger partial charge in [-0.05, 0) is 31.4 Å². The van der Waals surface area contributed by atoms with E-state index >= 15 is 0 Å². The summed E-state index contributed by atoms with van der Waals surface area (Å²) in [6.07, 6.45) is 10.4. The second-order valence-corrected chi connectivity index (χ2v) is 5.30. The summed E-state index contributed by atoms with van der Waals surface area (Å²) >= 11 is 0. The van der Waals surface area contributed by atoms with Crippen LogP contribution in [-0.2, 0) is 4.74 Å². The molecule has 0 amide bonds. The third kappa shape index (κ3) is 2.17. The Balaban J connectivity index is 1.75. The molecule has 0 radical (unpaired) electrons. The fourth-order valence-corrected chi connectivity index (χ4v) is 2.81. The van der Waals surface area contributed by atoms with Crippen molar-refractivity contribution < 1.29 is 9.84 Å². The number of aromatic nitrogens is 4. The molecule has 0 aliphatic carbocycles. The molecular formula is C15H16N4O2. The number of hydrogen-bond acceptors (Lipinski definition) is 4. The minimum Gasteiger partial charge on any atom is -0.506 e. The van der Waals surface area contributed by atoms with Gasteiger partial charge in [0.1, 0.15) is 12.0 Å². The van der Waals surface area contributed by atoms with Crippen LogP contribution in [0.15, 0.2) is 36.9 Å². The average Bonchev–Trinajstić information content (AvgIpc) is 3.16. The Kier molecular flexibility index (Phi) is 2.89. The summed E-state index contributed by atoms with van der Waals surface area (Å²) in [7, 11) is 0. The van der Waals surface area contributed by atoms with E-state index in [1.54, 1.807) is 29.2 Å². The van der Waals surface area contributed by atoms with E-state index in [0.29, 0.717) is 0 Å². The minimum absolute atomic E-state index is 0.0192. The number of aromatic hydroxyl groups is 1. The van der Waals surface area contributed by atoms with Crippen LogP contribution in [0.2, 0.25) is 0 Å². The van der Waals surface area contributed by atoms with Crippen LogP contribution in [0.25, 0.3) is 16.6 Å². The quantitative estimate of drug-likeness (QED) is 0.785. The summed E-state index contributed by atoms with van der Waals surface area (Å²) in [4.78, 5) is 0. The molecule has 1 N–H and O–H groups in total. The summed E-state index contributed by atoms with van der Waals surface area (Å²) in [5, 5.41) is 18.4. The van der Waals surface area contributed by atoms with E-state index in [0.717, 1.165) is 36.1 Å². The lowest BCUT2D eigenvalue weighted by atomic mass is 10.1. The Bertz CT molecular complexity index is 771. The van der Waals surface area contributed by atoms with Crippen molar-refractivity contribution in [2.75, 3.05) is 6.61 Å². The Morgan fingerprint density at radius 3 is 3.05 bits per heavy atom. The maximum absolute atomic E-state index is 9.83. The predicted octanol–water partition coefficient (Wildman–Crippen LogP) is 2.60. The largest absolute Gasteiger partial charge is 0.506 e. The van der Waals surface area contributed by atoms with Crippen molar-refractivity contribution in [3.8, 4) is 16.9 Å². The first-order chi connectivity index (χ1) is 10.3. The summed E-state index contributed by atoms with van der Waals surface area (Å²) in [6.45, 7) is 0.791. The lowest BCUT2D eigenvalue weighted by molar-refractivity contribution is -0.0394. The van der Waals surface area contributed by atoms with Crippen molar-refractivity contribution in [1.82, 2.24) is 19.4 Å². The van der Waals surface area contributed by atoms with Gasteiger partial charge in [0.05, 0.1) is 24.1 Å². The first kappa shape index (κ1) is 12.4. The van der Waals surface area contributed by atoms with E-state index in [9.17, 15) is 5.11 Å². The molecule has 4 heterocycles. The molecule has 0 spiro atoms. The summed E-state index contributed by atoms with van der Waals surface area (Å²) in [6, 6.07) is 3.66. The van der Waals surface area contributed by atoms with Gasteiger partial charge in [0.2, 0.25) is 0 Å². The average molecular weight is 284 g/mol. The number of hydrogen-bond donors (Lipinski definition) is 1. The van der Waals surface area contributed by atoms with Gasteiger partial charge in [-0.25, -0.2) is 9.20 Å². The number of rotatable bonds is 2. The van der Waals surface area contributed by atoms with Crippen LogP contribution in [0, 0.1) is 0 Å². The third-order valence-electron chi connectivity index (χ3n) is 3.86. The summed E-state index contributed by atoms with van der Waals surface area (Å²) in [5.41, 5.74) is 2.80. The van der Waals surface area contributed by atoms with Gasteiger partial charge in [-0.2, -0.15) is 10.2 Å². The standard InChI is InChI=1S/C15H16N4O2/c20-12-7-13(14-4-5-16-18(14)10-12)11-8-17-19(9-11)15-3-1-2-6-21-15/h4-5,7-10,15,20H,1-3,6H2. The number of ether oxygens (including phenoxy) is 1. The zero-order valence-corrected chi connectivity index (χ0v) is 11.5. The molecule has 3 aromatic heterocycles. The highest BCUT2D eigenvalue weighted by Crippen LogP contribution is 2.29. The SMILES string of the molecule is Oc1cc(-c2cnn(C3CCCCO3)c2)c2ccnn2c1. The zero-order valence-electron chi connectivity index (χ0n) is 11.5. The molecule has 1 fully saturated rings. The second kappa shape index (κ2) is 4.89. The second-order valence-electron chi connectivity index (χ2n) is 5.30. The Labute approximate surface area is 121 Å². The molecule has 0 saturated carbocycles. The van der Waals surface area contributed by atoms with Gasteiger partial charge >= 0.3 is 0 Å². The highest BCUT2D eigenvalue weighted by molar-refractivity contribution is 5.80. The molecule has 1 unspecified atom stereocenters. The van der Waals surface area contributed by atoms with Crippen LogP contribution >= 0.6 is 0 Å². The van der Waals surface area contributed by atoms with Gasteiger partial charge in [0.25, 0.3) is 0 Å². The molecule has 4 rings (SSSR count). The molecule has 0 aromatic carbocycles. The highest BCUT2D eigenvalue weighted by Gasteiger charge is 2.17. The van der Waals surface area contributed by atoms with Crippen molar-refractivity contribution >= 4 is 5.52 Å². The van der Waals surface area contributed by atoms with Gasteiger partial charge in [-0.1, -0.05) is 0 Å². The first-order valence-electron chi connectivity index (χ1n) is 7.14. The van der Waals surface area contributed by atoms with Gasteiger partial charge < -0.3 is 9.84 Å². The van der Waals surface area contributed by atoms with Gasteiger partial charge in [-0.15, -0.1) is 0 Å². The van der Waals surface area contributed by atoms with Crippen molar-refractivity contribution in [2.24, 2.45) is 0 Å². The molecule has 6 heteroatoms. The van der Waals surface area contributed by atoms with Crippen LogP contribution in [0.3, 0.4) is 0 Å². The van der Waals surface area contributed by atoms with E-state index in [2.05, 4.69) is 10.2 Å². The molecule has 108 valence electrons. The Morgan fingerprint density at radius 1 is 1.24 bits per heavy atom. The molecule has 1 aliphatic rings. The monoisotopic (exact) mass is 284 g/mol. The van der Waals surface area contributed by atoms with Crippen LogP contribution in [-0.4, -0.2) is 31.1 Å². The molecule has 1 aliphatic heterocycles. The minimum atomic E-state index is 0.0192.